The van der Waals surface area contributed by atoms with Crippen LogP contribution in [0.1, 0.15) is 12.5 Å². The summed E-state index contributed by atoms with van der Waals surface area (Å²) in [6, 6.07) is 17.4. The number of carbonyl (C=O) groups excluding carboxylic acids is 1. The van der Waals surface area contributed by atoms with E-state index in [9.17, 15) is 9.18 Å². The molecule has 0 unspecified atom stereocenters. The molecule has 33 heavy (non-hydrogen) atoms. The molecule has 0 radical (unpaired) electrons. The first kappa shape index (κ1) is 22.8. The van der Waals surface area contributed by atoms with Crippen molar-refractivity contribution in [2.75, 3.05) is 5.75 Å². The van der Waals surface area contributed by atoms with Gasteiger partial charge in [-0.05, 0) is 61.0 Å². The smallest absolute Gasteiger partial charge is 0.250 e. The number of nitrogens with one attached hydrogen (secondary N) is 1. The summed E-state index contributed by atoms with van der Waals surface area (Å²) in [5.41, 5.74) is 5.55. The zero-order valence-corrected chi connectivity index (χ0v) is 19.8. The maximum absolute atomic E-state index is 13.1. The molecule has 0 atom stereocenters. The van der Waals surface area contributed by atoms with E-state index in [1.807, 2.05) is 41.0 Å². The first-order chi connectivity index (χ1) is 16.0. The Morgan fingerprint density at radius 3 is 2.45 bits per heavy atom. The number of amides is 1. The van der Waals surface area contributed by atoms with Crippen LogP contribution in [0.4, 0.5) is 4.39 Å². The predicted octanol–water partition coefficient (Wildman–Crippen LogP) is 4.86. The number of pyridine rings is 1. The van der Waals surface area contributed by atoms with Gasteiger partial charge < -0.3 is 0 Å². The summed E-state index contributed by atoms with van der Waals surface area (Å²) in [6.45, 7) is 1.74. The third-order valence-corrected chi connectivity index (χ3v) is 6.06. The molecule has 2 aromatic carbocycles. The fraction of sp³-hybridized carbons (Fsp3) is 0.0870. The predicted molar refractivity (Wildman–Crippen MR) is 130 cm³/mol. The van der Waals surface area contributed by atoms with Crippen molar-refractivity contribution in [3.05, 3.63) is 88.9 Å². The van der Waals surface area contributed by atoms with Crippen molar-refractivity contribution in [2.45, 2.75) is 12.1 Å². The molecular formula is C23H18BrFN6OS. The van der Waals surface area contributed by atoms with Crippen LogP contribution in [0.5, 0.6) is 0 Å². The summed E-state index contributed by atoms with van der Waals surface area (Å²) in [5.74, 6) is 0.115. The van der Waals surface area contributed by atoms with Gasteiger partial charge in [0.15, 0.2) is 11.0 Å². The van der Waals surface area contributed by atoms with Crippen molar-refractivity contribution < 1.29 is 9.18 Å². The lowest BCUT2D eigenvalue weighted by molar-refractivity contribution is -0.118. The number of rotatable bonds is 7. The molecule has 2 heterocycles. The lowest BCUT2D eigenvalue weighted by atomic mass is 10.1. The summed E-state index contributed by atoms with van der Waals surface area (Å²) < 4.78 is 15.9. The van der Waals surface area contributed by atoms with Crippen molar-refractivity contribution in [3.8, 4) is 17.1 Å². The van der Waals surface area contributed by atoms with Gasteiger partial charge in [0.1, 0.15) is 5.82 Å². The van der Waals surface area contributed by atoms with Gasteiger partial charge >= 0.3 is 0 Å². The van der Waals surface area contributed by atoms with Gasteiger partial charge in [-0.2, -0.15) is 5.10 Å². The van der Waals surface area contributed by atoms with E-state index in [-0.39, 0.29) is 17.5 Å². The second kappa shape index (κ2) is 10.5. The Morgan fingerprint density at radius 2 is 1.76 bits per heavy atom. The molecule has 0 aliphatic carbocycles. The second-order valence-corrected chi connectivity index (χ2v) is 8.74. The molecule has 1 N–H and O–H groups in total. The zero-order chi connectivity index (χ0) is 23.2. The number of aromatic nitrogens is 4. The molecule has 0 fully saturated rings. The maximum Gasteiger partial charge on any atom is 0.250 e. The number of thioether (sulfide) groups is 1. The Morgan fingerprint density at radius 1 is 1.06 bits per heavy atom. The van der Waals surface area contributed by atoms with E-state index in [1.54, 1.807) is 31.5 Å². The first-order valence-electron chi connectivity index (χ1n) is 9.85. The fourth-order valence-electron chi connectivity index (χ4n) is 2.94. The van der Waals surface area contributed by atoms with Crippen molar-refractivity contribution in [2.24, 2.45) is 5.10 Å². The molecule has 0 aliphatic rings. The average Bonchev–Trinajstić information content (AvgIpc) is 3.26. The Hall–Kier alpha value is -3.37. The number of halogens is 2. The molecule has 4 rings (SSSR count). The number of nitrogens with zero attached hydrogens (tertiary/aromatic N) is 5. The number of benzene rings is 2. The third kappa shape index (κ3) is 5.71. The Labute approximate surface area is 202 Å². The van der Waals surface area contributed by atoms with Crippen molar-refractivity contribution in [1.29, 1.82) is 0 Å². The summed E-state index contributed by atoms with van der Waals surface area (Å²) >= 11 is 4.70. The average molecular weight is 525 g/mol. The Bertz CT molecular complexity index is 1280. The van der Waals surface area contributed by atoms with Gasteiger partial charge in [0.2, 0.25) is 0 Å². The summed E-state index contributed by atoms with van der Waals surface area (Å²) in [7, 11) is 0. The molecule has 4 aromatic rings. The zero-order valence-electron chi connectivity index (χ0n) is 17.4. The van der Waals surface area contributed by atoms with Crippen molar-refractivity contribution in [1.82, 2.24) is 25.2 Å². The topological polar surface area (TPSA) is 85.1 Å². The normalized spacial score (nSPS) is 11.4. The second-order valence-electron chi connectivity index (χ2n) is 6.88. The standard InChI is InChI=1S/C23H18BrFN6OS/c1-15(16-2-6-19(25)7-3-16)27-28-21(32)14-33-23-30-29-22(17-10-12-26-13-11-17)31(23)20-8-4-18(24)5-9-20/h2-13H,14H2,1H3,(H,28,32)/b27-15+. The molecular weight excluding hydrogens is 507 g/mol. The van der Waals surface area contributed by atoms with Gasteiger partial charge in [-0.1, -0.05) is 39.8 Å². The highest BCUT2D eigenvalue weighted by Crippen LogP contribution is 2.28. The molecule has 0 aliphatic heterocycles. The highest BCUT2D eigenvalue weighted by molar-refractivity contribution is 9.10. The molecule has 0 saturated heterocycles. The van der Waals surface area contributed by atoms with Crippen LogP contribution in [0.2, 0.25) is 0 Å². The molecule has 10 heteroatoms. The molecule has 166 valence electrons. The molecule has 0 bridgehead atoms. The fourth-order valence-corrected chi connectivity index (χ4v) is 3.95. The Balaban J connectivity index is 1.51. The lowest BCUT2D eigenvalue weighted by Gasteiger charge is -2.10. The minimum Gasteiger partial charge on any atom is -0.272 e. The van der Waals surface area contributed by atoms with Crippen molar-refractivity contribution in [3.63, 3.8) is 0 Å². The highest BCUT2D eigenvalue weighted by Gasteiger charge is 2.17. The molecule has 0 spiro atoms. The van der Waals surface area contributed by atoms with E-state index in [4.69, 9.17) is 0 Å². The number of hydrazone groups is 1. The van der Waals surface area contributed by atoms with Crippen LogP contribution in [0.25, 0.3) is 17.1 Å². The van der Waals surface area contributed by atoms with Gasteiger partial charge in [-0.15, -0.1) is 10.2 Å². The summed E-state index contributed by atoms with van der Waals surface area (Å²) in [6.07, 6.45) is 3.38. The van der Waals surface area contributed by atoms with E-state index in [0.717, 1.165) is 21.3 Å². The van der Waals surface area contributed by atoms with Crippen LogP contribution >= 0.6 is 27.7 Å². The Kier molecular flexibility index (Phi) is 7.26. The van der Waals surface area contributed by atoms with Crippen LogP contribution in [0.15, 0.2) is 87.8 Å². The monoisotopic (exact) mass is 524 g/mol. The van der Waals surface area contributed by atoms with Crippen LogP contribution in [-0.2, 0) is 4.79 Å². The molecule has 2 aromatic heterocycles. The van der Waals surface area contributed by atoms with Crippen LogP contribution < -0.4 is 5.43 Å². The molecule has 7 nitrogen and oxygen atoms in total. The lowest BCUT2D eigenvalue weighted by Crippen LogP contribution is -2.21. The quantitative estimate of drug-likeness (QED) is 0.212. The van der Waals surface area contributed by atoms with E-state index in [2.05, 4.69) is 41.6 Å². The van der Waals surface area contributed by atoms with Gasteiger partial charge in [-0.3, -0.25) is 14.3 Å². The largest absolute Gasteiger partial charge is 0.272 e. The number of carbonyl (C=O) groups is 1. The van der Waals surface area contributed by atoms with E-state index in [1.165, 1.54) is 23.9 Å². The van der Waals surface area contributed by atoms with Gasteiger partial charge in [0, 0.05) is 28.1 Å². The third-order valence-electron chi connectivity index (χ3n) is 4.60. The molecule has 0 saturated carbocycles. The van der Waals surface area contributed by atoms with Crippen LogP contribution in [0.3, 0.4) is 0 Å². The highest BCUT2D eigenvalue weighted by atomic mass is 79.9. The SMILES string of the molecule is C/C(=N\NC(=O)CSc1nnc(-c2ccncc2)n1-c1ccc(Br)cc1)c1ccc(F)cc1. The summed E-state index contributed by atoms with van der Waals surface area (Å²) in [5, 5.41) is 13.3. The van der Waals surface area contributed by atoms with Crippen LogP contribution in [0, 0.1) is 5.82 Å². The first-order valence-corrected chi connectivity index (χ1v) is 11.6. The minimum atomic E-state index is -0.326. The van der Waals surface area contributed by atoms with E-state index in [0.29, 0.717) is 16.7 Å². The van der Waals surface area contributed by atoms with Crippen molar-refractivity contribution >= 4 is 39.3 Å². The minimum absolute atomic E-state index is 0.0885. The number of hydrogen-bond acceptors (Lipinski definition) is 6. The maximum atomic E-state index is 13.1. The van der Waals surface area contributed by atoms with Crippen LogP contribution in [-0.4, -0.2) is 37.1 Å². The number of hydrogen-bond donors (Lipinski definition) is 1. The molecule has 1 amide bonds. The summed E-state index contributed by atoms with van der Waals surface area (Å²) in [4.78, 5) is 16.5. The van der Waals surface area contributed by atoms with Gasteiger partial charge in [0.25, 0.3) is 5.91 Å². The van der Waals surface area contributed by atoms with E-state index >= 15 is 0 Å². The van der Waals surface area contributed by atoms with Gasteiger partial charge in [0.05, 0.1) is 11.5 Å². The van der Waals surface area contributed by atoms with E-state index < -0.39 is 0 Å². The van der Waals surface area contributed by atoms with Gasteiger partial charge in [-0.25, -0.2) is 9.82 Å².